The molecule has 8 heteroatoms. The van der Waals surface area contributed by atoms with E-state index in [0.29, 0.717) is 15.9 Å². The van der Waals surface area contributed by atoms with Crippen LogP contribution in [0.1, 0.15) is 30.4 Å². The molecule has 106 valence electrons. The first-order valence-electron chi connectivity index (χ1n) is 5.59. The van der Waals surface area contributed by atoms with Crippen molar-refractivity contribution in [1.82, 2.24) is 15.1 Å². The molecule has 0 spiro atoms. The highest BCUT2D eigenvalue weighted by atomic mass is 19.3. The summed E-state index contributed by atoms with van der Waals surface area (Å²) in [4.78, 5) is 22.2. The molecule has 0 fully saturated rings. The average Bonchev–Trinajstić information content (AvgIpc) is 2.56. The molecule has 1 amide bonds. The first-order valence-corrected chi connectivity index (χ1v) is 5.59. The van der Waals surface area contributed by atoms with Crippen LogP contribution in [0.3, 0.4) is 0 Å². The number of alkyl halides is 2. The Morgan fingerprint density at radius 2 is 2.00 bits per heavy atom. The van der Waals surface area contributed by atoms with Crippen molar-refractivity contribution >= 4 is 11.9 Å². The van der Waals surface area contributed by atoms with Crippen LogP contribution in [0.4, 0.5) is 8.78 Å². The number of amides is 1. The van der Waals surface area contributed by atoms with Crippen molar-refractivity contribution in [3.8, 4) is 0 Å². The van der Waals surface area contributed by atoms with Gasteiger partial charge in [0, 0.05) is 11.3 Å². The Kier molecular flexibility index (Phi) is 4.57. The highest BCUT2D eigenvalue weighted by Gasteiger charge is 2.20. The second-order valence-electron chi connectivity index (χ2n) is 4.18. The van der Waals surface area contributed by atoms with Gasteiger partial charge >= 0.3 is 12.5 Å². The maximum atomic E-state index is 12.6. The van der Waals surface area contributed by atoms with Gasteiger partial charge in [0.15, 0.2) is 0 Å². The van der Waals surface area contributed by atoms with Crippen molar-refractivity contribution in [2.45, 2.75) is 39.8 Å². The molecule has 0 aliphatic rings. The Bertz CT molecular complexity index is 500. The Morgan fingerprint density at radius 1 is 1.42 bits per heavy atom. The number of carbonyl (C=O) groups excluding carboxylic acids is 1. The number of rotatable bonds is 5. The molecule has 1 atom stereocenters. The van der Waals surface area contributed by atoms with E-state index in [2.05, 4.69) is 10.4 Å². The van der Waals surface area contributed by atoms with Gasteiger partial charge in [-0.2, -0.15) is 13.9 Å². The minimum atomic E-state index is -2.77. The molecule has 0 aromatic carbocycles. The first-order chi connectivity index (χ1) is 8.73. The Balaban J connectivity index is 2.83. The number of carboxylic acid groups (broad SMARTS) is 1. The predicted molar refractivity (Wildman–Crippen MR) is 61.9 cm³/mol. The maximum absolute atomic E-state index is 12.6. The molecule has 1 aromatic rings. The summed E-state index contributed by atoms with van der Waals surface area (Å²) in [6, 6.07) is -1.03. The molecular formula is C11H15F2N3O3. The van der Waals surface area contributed by atoms with Crippen molar-refractivity contribution in [3.63, 3.8) is 0 Å². The first kappa shape index (κ1) is 15.1. The zero-order valence-electron chi connectivity index (χ0n) is 10.8. The number of aromatic nitrogens is 2. The monoisotopic (exact) mass is 275 g/mol. The number of hydrogen-bond acceptors (Lipinski definition) is 3. The minimum absolute atomic E-state index is 0.179. The van der Waals surface area contributed by atoms with Crippen LogP contribution in [0, 0.1) is 13.8 Å². The maximum Gasteiger partial charge on any atom is 0.333 e. The van der Waals surface area contributed by atoms with E-state index in [1.54, 1.807) is 0 Å². The van der Waals surface area contributed by atoms with Crippen LogP contribution < -0.4 is 5.32 Å². The number of nitrogens with one attached hydrogen (secondary N) is 1. The molecule has 6 nitrogen and oxygen atoms in total. The van der Waals surface area contributed by atoms with Gasteiger partial charge in [0.25, 0.3) is 0 Å². The minimum Gasteiger partial charge on any atom is -0.480 e. The second-order valence-corrected chi connectivity index (χ2v) is 4.18. The molecular weight excluding hydrogens is 260 g/mol. The van der Waals surface area contributed by atoms with E-state index in [1.807, 2.05) is 0 Å². The predicted octanol–water partition coefficient (Wildman–Crippen LogP) is 1.03. The van der Waals surface area contributed by atoms with Crippen LogP contribution in [-0.2, 0) is 16.0 Å². The lowest BCUT2D eigenvalue weighted by atomic mass is 10.1. The smallest absolute Gasteiger partial charge is 0.333 e. The SMILES string of the molecule is Cc1nn(C(F)F)c(C)c1CC(=O)NC(C)C(=O)O. The van der Waals surface area contributed by atoms with E-state index >= 15 is 0 Å². The van der Waals surface area contributed by atoms with Gasteiger partial charge in [-0.15, -0.1) is 0 Å². The second kappa shape index (κ2) is 5.77. The van der Waals surface area contributed by atoms with Crippen molar-refractivity contribution in [2.75, 3.05) is 0 Å². The molecule has 1 unspecified atom stereocenters. The Morgan fingerprint density at radius 3 is 2.42 bits per heavy atom. The highest BCUT2D eigenvalue weighted by molar-refractivity contribution is 5.84. The fraction of sp³-hybridized carbons (Fsp3) is 0.545. The third-order valence-electron chi connectivity index (χ3n) is 2.74. The Labute approximate surface area is 108 Å². The van der Waals surface area contributed by atoms with Crippen LogP contribution in [0.25, 0.3) is 0 Å². The van der Waals surface area contributed by atoms with Crippen molar-refractivity contribution < 1.29 is 23.5 Å². The zero-order valence-corrected chi connectivity index (χ0v) is 10.8. The summed E-state index contributed by atoms with van der Waals surface area (Å²) >= 11 is 0. The molecule has 0 aliphatic heterocycles. The number of carboxylic acids is 1. The summed E-state index contributed by atoms with van der Waals surface area (Å²) in [6.45, 7) is 1.51. The molecule has 0 saturated carbocycles. The lowest BCUT2D eigenvalue weighted by molar-refractivity contribution is -0.141. The number of nitrogens with zero attached hydrogens (tertiary/aromatic N) is 2. The summed E-state index contributed by atoms with van der Waals surface area (Å²) in [5.74, 6) is -1.71. The quantitative estimate of drug-likeness (QED) is 0.840. The fourth-order valence-corrected chi connectivity index (χ4v) is 1.66. The molecule has 0 radical (unpaired) electrons. The average molecular weight is 275 g/mol. The van der Waals surface area contributed by atoms with Crippen LogP contribution in [-0.4, -0.2) is 32.8 Å². The standard InChI is InChI=1S/C11H15F2N3O3/c1-5-8(7(3)16(15-5)11(12)13)4-9(17)14-6(2)10(18)19/h6,11H,4H2,1-3H3,(H,14,17)(H,18,19). The molecule has 2 N–H and O–H groups in total. The van der Waals surface area contributed by atoms with Gasteiger partial charge in [-0.05, 0) is 20.8 Å². The van der Waals surface area contributed by atoms with Crippen LogP contribution >= 0.6 is 0 Å². The summed E-state index contributed by atoms with van der Waals surface area (Å²) in [5, 5.41) is 14.6. The van der Waals surface area contributed by atoms with Gasteiger partial charge in [-0.1, -0.05) is 0 Å². The zero-order chi connectivity index (χ0) is 14.7. The van der Waals surface area contributed by atoms with E-state index in [0.717, 1.165) is 0 Å². The largest absolute Gasteiger partial charge is 0.480 e. The van der Waals surface area contributed by atoms with Crippen molar-refractivity contribution in [2.24, 2.45) is 0 Å². The summed E-state index contributed by atoms with van der Waals surface area (Å²) in [5.41, 5.74) is 0.914. The molecule has 1 heterocycles. The van der Waals surface area contributed by atoms with Gasteiger partial charge in [0.2, 0.25) is 5.91 Å². The molecule has 0 saturated heterocycles. The van der Waals surface area contributed by atoms with Crippen molar-refractivity contribution in [1.29, 1.82) is 0 Å². The van der Waals surface area contributed by atoms with E-state index in [-0.39, 0.29) is 12.1 Å². The molecule has 1 rings (SSSR count). The van der Waals surface area contributed by atoms with E-state index < -0.39 is 24.5 Å². The number of halogens is 2. The summed E-state index contributed by atoms with van der Waals surface area (Å²) in [7, 11) is 0. The van der Waals surface area contributed by atoms with Gasteiger partial charge in [-0.25, -0.2) is 4.68 Å². The van der Waals surface area contributed by atoms with Gasteiger partial charge < -0.3 is 10.4 Å². The summed E-state index contributed by atoms with van der Waals surface area (Å²) < 4.78 is 25.7. The third kappa shape index (κ3) is 3.49. The lowest BCUT2D eigenvalue weighted by Crippen LogP contribution is -2.39. The van der Waals surface area contributed by atoms with E-state index in [4.69, 9.17) is 5.11 Å². The van der Waals surface area contributed by atoms with Crippen LogP contribution in [0.2, 0.25) is 0 Å². The number of aryl methyl sites for hydroxylation is 1. The number of hydrogen-bond donors (Lipinski definition) is 2. The van der Waals surface area contributed by atoms with E-state index in [1.165, 1.54) is 20.8 Å². The topological polar surface area (TPSA) is 84.2 Å². The Hall–Kier alpha value is -1.99. The van der Waals surface area contributed by atoms with Crippen LogP contribution in [0.15, 0.2) is 0 Å². The van der Waals surface area contributed by atoms with Crippen molar-refractivity contribution in [3.05, 3.63) is 17.0 Å². The van der Waals surface area contributed by atoms with Gasteiger partial charge in [0.05, 0.1) is 12.1 Å². The fourth-order valence-electron chi connectivity index (χ4n) is 1.66. The lowest BCUT2D eigenvalue weighted by Gasteiger charge is -2.09. The van der Waals surface area contributed by atoms with Crippen LogP contribution in [0.5, 0.6) is 0 Å². The highest BCUT2D eigenvalue weighted by Crippen LogP contribution is 2.19. The van der Waals surface area contributed by atoms with Gasteiger partial charge in [0.1, 0.15) is 6.04 Å². The molecule has 0 aliphatic carbocycles. The van der Waals surface area contributed by atoms with E-state index in [9.17, 15) is 18.4 Å². The number of carbonyl (C=O) groups is 2. The third-order valence-corrected chi connectivity index (χ3v) is 2.74. The van der Waals surface area contributed by atoms with Gasteiger partial charge in [-0.3, -0.25) is 9.59 Å². The molecule has 19 heavy (non-hydrogen) atoms. The molecule has 1 aromatic heterocycles. The molecule has 0 bridgehead atoms. The summed E-state index contributed by atoms with van der Waals surface area (Å²) in [6.07, 6.45) is -0.179. The normalized spacial score (nSPS) is 12.5. The number of aliphatic carboxylic acids is 1.